The molecule has 8 heteroatoms. The maximum atomic E-state index is 13.9. The van der Waals surface area contributed by atoms with E-state index in [9.17, 15) is 19.7 Å². The van der Waals surface area contributed by atoms with Gasteiger partial charge >= 0.3 is 0 Å². The van der Waals surface area contributed by atoms with Crippen LogP contribution in [0.4, 0.5) is 11.4 Å². The van der Waals surface area contributed by atoms with Gasteiger partial charge in [-0.05, 0) is 28.3 Å². The largest absolute Gasteiger partial charge is 0.495 e. The molecule has 164 valence electrons. The summed E-state index contributed by atoms with van der Waals surface area (Å²) in [7, 11) is 1.39. The van der Waals surface area contributed by atoms with Crippen molar-refractivity contribution in [2.24, 2.45) is 11.8 Å². The van der Waals surface area contributed by atoms with Gasteiger partial charge in [-0.3, -0.25) is 19.7 Å². The molecule has 0 N–H and O–H groups in total. The van der Waals surface area contributed by atoms with Gasteiger partial charge in [0.25, 0.3) is 5.69 Å². The van der Waals surface area contributed by atoms with Crippen LogP contribution in [0.5, 0.6) is 5.75 Å². The van der Waals surface area contributed by atoms with E-state index in [2.05, 4.69) is 0 Å². The van der Waals surface area contributed by atoms with Crippen molar-refractivity contribution in [2.75, 3.05) is 12.0 Å². The number of carbonyl (C=O) groups is 2. The first-order chi connectivity index (χ1) is 15.9. The van der Waals surface area contributed by atoms with E-state index >= 15 is 0 Å². The van der Waals surface area contributed by atoms with Crippen LogP contribution in [0.25, 0.3) is 0 Å². The zero-order valence-electron chi connectivity index (χ0n) is 17.4. The van der Waals surface area contributed by atoms with Gasteiger partial charge in [-0.1, -0.05) is 48.5 Å². The van der Waals surface area contributed by atoms with E-state index in [1.807, 2.05) is 48.5 Å². The summed E-state index contributed by atoms with van der Waals surface area (Å²) in [5, 5.41) is 11.4. The number of non-ortho nitro benzene ring substituents is 1. The number of methoxy groups -OCH3 is 1. The minimum atomic E-state index is -1.22. The van der Waals surface area contributed by atoms with Crippen LogP contribution in [0.3, 0.4) is 0 Å². The predicted octanol–water partition coefficient (Wildman–Crippen LogP) is 4.35. The average Bonchev–Trinajstić information content (AvgIpc) is 3.10. The summed E-state index contributed by atoms with van der Waals surface area (Å²) >= 11 is 7.39. The van der Waals surface area contributed by atoms with Crippen LogP contribution in [0.1, 0.15) is 28.2 Å². The second-order valence-corrected chi connectivity index (χ2v) is 9.09. The molecule has 1 aliphatic heterocycles. The van der Waals surface area contributed by atoms with Crippen LogP contribution < -0.4 is 9.64 Å². The lowest BCUT2D eigenvalue weighted by atomic mass is 9.54. The first-order valence-corrected chi connectivity index (χ1v) is 10.8. The lowest BCUT2D eigenvalue weighted by Crippen LogP contribution is -2.50. The Hall–Kier alpha value is -3.71. The van der Waals surface area contributed by atoms with E-state index in [-0.39, 0.29) is 23.0 Å². The molecule has 33 heavy (non-hydrogen) atoms. The lowest BCUT2D eigenvalue weighted by molar-refractivity contribution is -0.384. The standard InChI is InChI=1S/C25H17ClN2O5/c1-33-19-11-10-13(28(31)32)12-18(19)27-23(29)21-20-14-6-2-4-8-16(14)25(26,22(21)24(27)30)17-9-5-3-7-15(17)20/h2-12,20-22H,1H3/t20?,21-,22-,25?/m1/s1. The molecular formula is C25H17ClN2O5. The van der Waals surface area contributed by atoms with E-state index in [4.69, 9.17) is 16.3 Å². The normalized spacial score (nSPS) is 26.6. The Morgan fingerprint density at radius 2 is 1.58 bits per heavy atom. The third kappa shape index (κ3) is 2.35. The number of amides is 2. The summed E-state index contributed by atoms with van der Waals surface area (Å²) in [5.74, 6) is -2.61. The number of nitro benzene ring substituents is 1. The van der Waals surface area contributed by atoms with Crippen molar-refractivity contribution in [1.82, 2.24) is 0 Å². The van der Waals surface area contributed by atoms with Gasteiger partial charge in [0.2, 0.25) is 11.8 Å². The van der Waals surface area contributed by atoms with Crippen LogP contribution in [-0.4, -0.2) is 23.8 Å². The van der Waals surface area contributed by atoms with E-state index in [0.29, 0.717) is 0 Å². The van der Waals surface area contributed by atoms with Crippen molar-refractivity contribution in [3.63, 3.8) is 0 Å². The van der Waals surface area contributed by atoms with Gasteiger partial charge < -0.3 is 4.74 Å². The first kappa shape index (κ1) is 19.9. The third-order valence-corrected chi connectivity index (χ3v) is 7.77. The molecule has 0 aromatic heterocycles. The number of alkyl halides is 1. The highest BCUT2D eigenvalue weighted by atomic mass is 35.5. The second-order valence-electron chi connectivity index (χ2n) is 8.49. The van der Waals surface area contributed by atoms with Crippen LogP contribution >= 0.6 is 11.6 Å². The monoisotopic (exact) mass is 460 g/mol. The SMILES string of the molecule is COc1ccc([N+](=O)[O-])cc1N1C(=O)[C@@H]2C3c4ccccc4C(Cl)(c4ccccc43)[C@H]2C1=O. The van der Waals surface area contributed by atoms with Gasteiger partial charge in [0.15, 0.2) is 0 Å². The fraction of sp³-hybridized carbons (Fsp3) is 0.200. The molecule has 0 spiro atoms. The molecule has 2 atom stereocenters. The highest BCUT2D eigenvalue weighted by molar-refractivity contribution is 6.33. The van der Waals surface area contributed by atoms with E-state index in [1.54, 1.807) is 0 Å². The van der Waals surface area contributed by atoms with Gasteiger partial charge in [0.1, 0.15) is 16.3 Å². The first-order valence-electron chi connectivity index (χ1n) is 10.5. The summed E-state index contributed by atoms with van der Waals surface area (Å²) in [6.07, 6.45) is 0. The molecule has 2 bridgehead atoms. The smallest absolute Gasteiger partial charge is 0.271 e. The van der Waals surface area contributed by atoms with Crippen molar-refractivity contribution in [1.29, 1.82) is 0 Å². The second kappa shape index (κ2) is 6.65. The fourth-order valence-corrected chi connectivity index (χ4v) is 6.46. The summed E-state index contributed by atoms with van der Waals surface area (Å²) in [4.78, 5) is 38.4. The predicted molar refractivity (Wildman–Crippen MR) is 120 cm³/mol. The Kier molecular flexibility index (Phi) is 4.02. The number of nitro groups is 1. The molecule has 2 amide bonds. The summed E-state index contributed by atoms with van der Waals surface area (Å²) in [5.41, 5.74) is 3.33. The quantitative estimate of drug-likeness (QED) is 0.251. The Labute approximate surface area is 193 Å². The van der Waals surface area contributed by atoms with Crippen LogP contribution in [0.2, 0.25) is 0 Å². The molecule has 1 saturated heterocycles. The number of imide groups is 1. The molecule has 1 heterocycles. The highest BCUT2D eigenvalue weighted by Gasteiger charge is 2.68. The molecule has 7 rings (SSSR count). The number of benzene rings is 3. The number of hydrogen-bond acceptors (Lipinski definition) is 5. The van der Waals surface area contributed by atoms with Gasteiger partial charge in [-0.15, -0.1) is 11.6 Å². The van der Waals surface area contributed by atoms with Crippen LogP contribution in [0, 0.1) is 22.0 Å². The van der Waals surface area contributed by atoms with Crippen molar-refractivity contribution in [3.8, 4) is 5.75 Å². The van der Waals surface area contributed by atoms with Crippen molar-refractivity contribution in [2.45, 2.75) is 10.8 Å². The number of nitrogens with zero attached hydrogens (tertiary/aromatic N) is 2. The Morgan fingerprint density at radius 3 is 2.15 bits per heavy atom. The number of rotatable bonds is 3. The molecule has 3 aromatic rings. The fourth-order valence-electron chi connectivity index (χ4n) is 5.88. The van der Waals surface area contributed by atoms with Crippen molar-refractivity contribution >= 4 is 34.8 Å². The van der Waals surface area contributed by atoms with Gasteiger partial charge in [-0.2, -0.15) is 0 Å². The molecule has 4 aliphatic rings. The van der Waals surface area contributed by atoms with E-state index in [1.165, 1.54) is 25.3 Å². The number of anilines is 1. The third-order valence-electron chi connectivity index (χ3n) is 7.13. The number of halogens is 1. The summed E-state index contributed by atoms with van der Waals surface area (Å²) < 4.78 is 5.36. The van der Waals surface area contributed by atoms with Crippen LogP contribution in [0.15, 0.2) is 66.7 Å². The lowest BCUT2D eigenvalue weighted by Gasteiger charge is -2.50. The molecule has 0 saturated carbocycles. The zero-order chi connectivity index (χ0) is 23.1. The summed E-state index contributed by atoms with van der Waals surface area (Å²) in [6.45, 7) is 0. The van der Waals surface area contributed by atoms with E-state index in [0.717, 1.165) is 27.2 Å². The Balaban J connectivity index is 1.59. The maximum Gasteiger partial charge on any atom is 0.271 e. The van der Waals surface area contributed by atoms with Gasteiger partial charge in [0, 0.05) is 18.1 Å². The highest BCUT2D eigenvalue weighted by Crippen LogP contribution is 2.66. The average molecular weight is 461 g/mol. The van der Waals surface area contributed by atoms with Gasteiger partial charge in [-0.25, -0.2) is 4.90 Å². The maximum absolute atomic E-state index is 13.9. The number of carbonyl (C=O) groups excluding carboxylic acids is 2. The Morgan fingerprint density at radius 1 is 0.970 bits per heavy atom. The van der Waals surface area contributed by atoms with Crippen molar-refractivity contribution in [3.05, 3.63) is 99.1 Å². The summed E-state index contributed by atoms with van der Waals surface area (Å²) in [6, 6.07) is 19.2. The van der Waals surface area contributed by atoms with Gasteiger partial charge in [0.05, 0.1) is 23.9 Å². The molecular weight excluding hydrogens is 444 g/mol. The van der Waals surface area contributed by atoms with Crippen molar-refractivity contribution < 1.29 is 19.2 Å². The molecule has 0 radical (unpaired) electrons. The minimum absolute atomic E-state index is 0.0591. The number of ether oxygens (including phenoxy) is 1. The zero-order valence-corrected chi connectivity index (χ0v) is 18.2. The molecule has 7 nitrogen and oxygen atoms in total. The number of hydrogen-bond donors (Lipinski definition) is 0. The molecule has 0 unspecified atom stereocenters. The van der Waals surface area contributed by atoms with E-state index < -0.39 is 33.4 Å². The molecule has 3 aromatic carbocycles. The minimum Gasteiger partial charge on any atom is -0.495 e. The molecule has 3 aliphatic carbocycles. The molecule has 1 fully saturated rings. The Bertz CT molecular complexity index is 1340. The topological polar surface area (TPSA) is 89.8 Å². The van der Waals surface area contributed by atoms with Crippen LogP contribution in [-0.2, 0) is 14.5 Å².